The maximum absolute atomic E-state index is 12.8. The molecule has 8 heteroatoms. The molecule has 0 unspecified atom stereocenters. The highest BCUT2D eigenvalue weighted by Gasteiger charge is 2.17. The maximum atomic E-state index is 12.8. The number of thioether (sulfide) groups is 1. The van der Waals surface area contributed by atoms with E-state index in [-0.39, 0.29) is 5.91 Å². The van der Waals surface area contributed by atoms with Crippen molar-refractivity contribution in [2.45, 2.75) is 56.3 Å². The Morgan fingerprint density at radius 3 is 3.00 bits per heavy atom. The first-order chi connectivity index (χ1) is 13.7. The third-order valence-corrected chi connectivity index (χ3v) is 5.87. The van der Waals surface area contributed by atoms with Gasteiger partial charge in [-0.3, -0.25) is 4.79 Å². The average Bonchev–Trinajstić information content (AvgIpc) is 3.22. The van der Waals surface area contributed by atoms with Crippen LogP contribution in [-0.4, -0.2) is 25.8 Å². The van der Waals surface area contributed by atoms with Crippen LogP contribution in [-0.2, 0) is 25.3 Å². The molecule has 0 atom stereocenters. The summed E-state index contributed by atoms with van der Waals surface area (Å²) in [6.07, 6.45) is 4.46. The summed E-state index contributed by atoms with van der Waals surface area (Å²) in [7, 11) is 0. The number of aryl methyl sites for hydroxylation is 2. The van der Waals surface area contributed by atoms with Crippen LogP contribution in [0.4, 0.5) is 0 Å². The Hall–Kier alpha value is -2.61. The molecular formula is C20H23N5O2S. The van der Waals surface area contributed by atoms with Crippen molar-refractivity contribution in [3.8, 4) is 0 Å². The van der Waals surface area contributed by atoms with Gasteiger partial charge in [0.25, 0.3) is 5.91 Å². The van der Waals surface area contributed by atoms with Gasteiger partial charge in [-0.15, -0.1) is 22.0 Å². The number of amides is 1. The molecule has 1 N–H and O–H groups in total. The van der Waals surface area contributed by atoms with E-state index in [9.17, 15) is 4.79 Å². The predicted molar refractivity (Wildman–Crippen MR) is 106 cm³/mol. The van der Waals surface area contributed by atoms with Crippen LogP contribution in [0.5, 0.6) is 0 Å². The number of fused-ring (bicyclic) bond motifs is 1. The van der Waals surface area contributed by atoms with Crippen LogP contribution < -0.4 is 5.32 Å². The number of hydrogen-bond donors (Lipinski definition) is 1. The van der Waals surface area contributed by atoms with Gasteiger partial charge in [0.05, 0.1) is 23.6 Å². The molecule has 0 fully saturated rings. The number of nitrogens with zero attached hydrogens (tertiary/aromatic N) is 4. The highest BCUT2D eigenvalue weighted by Crippen LogP contribution is 2.26. The SMILES string of the molecule is Cc1cc(CSc2ccccc2C(=O)NCc2nnc3n2CCCCC3)on1. The van der Waals surface area contributed by atoms with Gasteiger partial charge in [0, 0.05) is 23.9 Å². The van der Waals surface area contributed by atoms with Crippen LogP contribution >= 0.6 is 11.8 Å². The predicted octanol–water partition coefficient (Wildman–Crippen LogP) is 3.52. The summed E-state index contributed by atoms with van der Waals surface area (Å²) in [5.41, 5.74) is 1.51. The lowest BCUT2D eigenvalue weighted by atomic mass is 10.2. The van der Waals surface area contributed by atoms with E-state index in [1.54, 1.807) is 11.8 Å². The molecular weight excluding hydrogens is 374 g/mol. The van der Waals surface area contributed by atoms with Crippen molar-refractivity contribution in [1.29, 1.82) is 0 Å². The van der Waals surface area contributed by atoms with Gasteiger partial charge in [-0.1, -0.05) is 23.7 Å². The second kappa shape index (κ2) is 8.60. The van der Waals surface area contributed by atoms with E-state index in [4.69, 9.17) is 4.52 Å². The largest absolute Gasteiger partial charge is 0.360 e. The molecule has 146 valence electrons. The minimum Gasteiger partial charge on any atom is -0.360 e. The highest BCUT2D eigenvalue weighted by atomic mass is 32.2. The zero-order valence-corrected chi connectivity index (χ0v) is 16.7. The Kier molecular flexibility index (Phi) is 5.76. The Bertz CT molecular complexity index is 965. The first-order valence-electron chi connectivity index (χ1n) is 9.54. The fourth-order valence-electron chi connectivity index (χ4n) is 3.34. The Morgan fingerprint density at radius 2 is 2.14 bits per heavy atom. The van der Waals surface area contributed by atoms with Gasteiger partial charge in [0.1, 0.15) is 11.6 Å². The van der Waals surface area contributed by atoms with E-state index in [1.165, 1.54) is 6.42 Å². The number of aromatic nitrogens is 4. The zero-order valence-electron chi connectivity index (χ0n) is 15.9. The zero-order chi connectivity index (χ0) is 19.3. The van der Waals surface area contributed by atoms with Gasteiger partial charge < -0.3 is 14.4 Å². The summed E-state index contributed by atoms with van der Waals surface area (Å²) in [6.45, 7) is 3.20. The van der Waals surface area contributed by atoms with Gasteiger partial charge in [0.15, 0.2) is 5.82 Å². The van der Waals surface area contributed by atoms with E-state index in [0.29, 0.717) is 17.9 Å². The number of hydrogen-bond acceptors (Lipinski definition) is 6. The van der Waals surface area contributed by atoms with Gasteiger partial charge in [0.2, 0.25) is 0 Å². The molecule has 0 saturated heterocycles. The lowest BCUT2D eigenvalue weighted by molar-refractivity contribution is 0.0946. The smallest absolute Gasteiger partial charge is 0.252 e. The van der Waals surface area contributed by atoms with Crippen molar-refractivity contribution in [3.05, 3.63) is 59.0 Å². The van der Waals surface area contributed by atoms with Crippen LogP contribution in [0.15, 0.2) is 39.8 Å². The van der Waals surface area contributed by atoms with Gasteiger partial charge in [-0.2, -0.15) is 0 Å². The number of carbonyl (C=O) groups is 1. The molecule has 7 nitrogen and oxygen atoms in total. The van der Waals surface area contributed by atoms with Crippen LogP contribution in [0.2, 0.25) is 0 Å². The first-order valence-corrected chi connectivity index (χ1v) is 10.5. The molecule has 0 bridgehead atoms. The Labute approximate surface area is 167 Å². The summed E-state index contributed by atoms with van der Waals surface area (Å²) in [5.74, 6) is 3.17. The number of nitrogens with one attached hydrogen (secondary N) is 1. The van der Waals surface area contributed by atoms with Crippen molar-refractivity contribution < 1.29 is 9.32 Å². The molecule has 2 aromatic heterocycles. The van der Waals surface area contributed by atoms with Crippen molar-refractivity contribution in [2.24, 2.45) is 0 Å². The third-order valence-electron chi connectivity index (χ3n) is 4.77. The van der Waals surface area contributed by atoms with Crippen LogP contribution in [0.25, 0.3) is 0 Å². The second-order valence-corrected chi connectivity index (χ2v) is 7.91. The van der Waals surface area contributed by atoms with Crippen LogP contribution in [0, 0.1) is 6.92 Å². The maximum Gasteiger partial charge on any atom is 0.252 e. The molecule has 1 amide bonds. The summed E-state index contributed by atoms with van der Waals surface area (Å²) >= 11 is 1.56. The second-order valence-electron chi connectivity index (χ2n) is 6.90. The Morgan fingerprint density at radius 1 is 1.25 bits per heavy atom. The Balaban J connectivity index is 1.42. The normalized spacial score (nSPS) is 13.8. The summed E-state index contributed by atoms with van der Waals surface area (Å²) < 4.78 is 7.41. The van der Waals surface area contributed by atoms with E-state index in [2.05, 4.69) is 25.2 Å². The molecule has 4 rings (SSSR count). The molecule has 1 aliphatic rings. The van der Waals surface area contributed by atoms with E-state index in [1.807, 2.05) is 37.3 Å². The molecule has 0 aliphatic carbocycles. The highest BCUT2D eigenvalue weighted by molar-refractivity contribution is 7.98. The summed E-state index contributed by atoms with van der Waals surface area (Å²) in [6, 6.07) is 9.51. The van der Waals surface area contributed by atoms with E-state index in [0.717, 1.165) is 53.8 Å². The van der Waals surface area contributed by atoms with Crippen molar-refractivity contribution in [3.63, 3.8) is 0 Å². The van der Waals surface area contributed by atoms with Gasteiger partial charge >= 0.3 is 0 Å². The summed E-state index contributed by atoms with van der Waals surface area (Å²) in [4.78, 5) is 13.7. The van der Waals surface area contributed by atoms with E-state index < -0.39 is 0 Å². The molecule has 28 heavy (non-hydrogen) atoms. The minimum absolute atomic E-state index is 0.108. The number of carbonyl (C=O) groups excluding carboxylic acids is 1. The molecule has 1 aromatic carbocycles. The monoisotopic (exact) mass is 397 g/mol. The molecule has 0 radical (unpaired) electrons. The number of rotatable bonds is 6. The van der Waals surface area contributed by atoms with E-state index >= 15 is 0 Å². The molecule has 3 heterocycles. The minimum atomic E-state index is -0.108. The van der Waals surface area contributed by atoms with Crippen LogP contribution in [0.3, 0.4) is 0 Å². The lowest BCUT2D eigenvalue weighted by Crippen LogP contribution is -2.25. The molecule has 1 aliphatic heterocycles. The standard InChI is InChI=1S/C20H23N5O2S/c1-14-11-15(27-24-14)13-28-17-8-5-4-7-16(17)20(26)21-12-19-23-22-18-9-3-2-6-10-25(18)19/h4-5,7-8,11H,2-3,6,9-10,12-13H2,1H3,(H,21,26). The van der Waals surface area contributed by atoms with Crippen molar-refractivity contribution >= 4 is 17.7 Å². The number of benzene rings is 1. The molecule has 0 spiro atoms. The lowest BCUT2D eigenvalue weighted by Gasteiger charge is -2.10. The van der Waals surface area contributed by atoms with Crippen molar-refractivity contribution in [1.82, 2.24) is 25.2 Å². The van der Waals surface area contributed by atoms with Gasteiger partial charge in [-0.05, 0) is 31.9 Å². The fraction of sp³-hybridized carbons (Fsp3) is 0.400. The quantitative estimate of drug-likeness (QED) is 0.641. The average molecular weight is 398 g/mol. The fourth-order valence-corrected chi connectivity index (χ4v) is 4.27. The third kappa shape index (κ3) is 4.27. The topological polar surface area (TPSA) is 85.8 Å². The molecule has 0 saturated carbocycles. The van der Waals surface area contributed by atoms with Crippen LogP contribution in [0.1, 0.15) is 52.7 Å². The first kappa shape index (κ1) is 18.7. The van der Waals surface area contributed by atoms with Gasteiger partial charge in [-0.25, -0.2) is 0 Å². The van der Waals surface area contributed by atoms with Crippen molar-refractivity contribution in [2.75, 3.05) is 0 Å². The summed E-state index contributed by atoms with van der Waals surface area (Å²) in [5, 5.41) is 15.5. The molecule has 3 aromatic rings.